The monoisotopic (exact) mass is 910 g/mol. The average molecular weight is 911 g/mol. The van der Waals surface area contributed by atoms with Crippen LogP contribution in [0, 0.1) is 13.8 Å². The fourth-order valence-electron chi connectivity index (χ4n) is 13.2. The summed E-state index contributed by atoms with van der Waals surface area (Å²) >= 11 is 0. The molecule has 1 atom stereocenters. The Morgan fingerprint density at radius 3 is 1.53 bits per heavy atom. The van der Waals surface area contributed by atoms with Gasteiger partial charge in [0.1, 0.15) is 11.2 Å². The highest BCUT2D eigenvalue weighted by Gasteiger charge is 2.33. The molecular weight excluding hydrogens is 853 g/mol. The number of hydrogen-bond acceptors (Lipinski definition) is 4. The van der Waals surface area contributed by atoms with E-state index in [1.165, 1.54) is 108 Å². The summed E-state index contributed by atoms with van der Waals surface area (Å²) in [6.07, 6.45) is 21.4. The Labute approximate surface area is 410 Å². The molecule has 344 valence electrons. The van der Waals surface area contributed by atoms with Gasteiger partial charge in [0.05, 0.1) is 17.1 Å². The van der Waals surface area contributed by atoms with E-state index in [4.69, 9.17) is 8.83 Å². The Hall–Kier alpha value is -7.30. The Morgan fingerprint density at radius 1 is 0.457 bits per heavy atom. The van der Waals surface area contributed by atoms with E-state index in [0.717, 1.165) is 89.9 Å². The maximum Gasteiger partial charge on any atom is 0.159 e. The van der Waals surface area contributed by atoms with Gasteiger partial charge in [0.15, 0.2) is 11.2 Å². The molecule has 2 aromatic heterocycles. The molecule has 0 aliphatic heterocycles. The van der Waals surface area contributed by atoms with Gasteiger partial charge in [0.2, 0.25) is 0 Å². The van der Waals surface area contributed by atoms with Crippen molar-refractivity contribution in [3.05, 3.63) is 197 Å². The molecule has 2 heterocycles. The second kappa shape index (κ2) is 16.7. The van der Waals surface area contributed by atoms with Gasteiger partial charge in [-0.2, -0.15) is 0 Å². The molecule has 4 heteroatoms. The van der Waals surface area contributed by atoms with Crippen LogP contribution in [0.4, 0.5) is 28.4 Å². The molecule has 4 nitrogen and oxygen atoms in total. The molecule has 4 aliphatic carbocycles. The molecule has 0 N–H and O–H groups in total. The van der Waals surface area contributed by atoms with Crippen molar-refractivity contribution in [2.24, 2.45) is 0 Å². The summed E-state index contributed by atoms with van der Waals surface area (Å²) in [5, 5.41) is 7.18. The van der Waals surface area contributed by atoms with Crippen molar-refractivity contribution in [1.29, 1.82) is 0 Å². The SMILES string of the molecule is Cc1cccc2c1oc1c(N(C3=CCC4C=Cc5c(N(c6ccc(C7CCCCC7)cc6)c6cccc7c6oc6c(C)cccc67)ccc6ccc3c4c56)c3ccc(C4CCCCC4)cc3)cccc12. The highest BCUT2D eigenvalue weighted by atomic mass is 16.3. The Bertz CT molecular complexity index is 3740. The summed E-state index contributed by atoms with van der Waals surface area (Å²) in [5.41, 5.74) is 19.6. The first-order valence-corrected chi connectivity index (χ1v) is 26.2. The first-order chi connectivity index (χ1) is 34.6. The topological polar surface area (TPSA) is 32.8 Å². The zero-order chi connectivity index (χ0) is 46.5. The highest BCUT2D eigenvalue weighted by molar-refractivity contribution is 6.14. The van der Waals surface area contributed by atoms with Crippen LogP contribution in [0.5, 0.6) is 0 Å². The molecule has 70 heavy (non-hydrogen) atoms. The standard InChI is InChI=1S/C66H58N2O2/c1-41-13-9-19-51-53-21-11-23-59(65(53)69-63(41)51)67(49-33-25-45(26-34-49)43-15-5-3-6-16-43)57-39-31-47-30-38-56-58(40-32-48-29-37-55(57)61(47)62(48)56)68(50-35-27-46(28-36-50)44-17-7-4-8-18-44)60-24-12-22-54-52-20-10-14-42(2)64(52)70-66(54)60/h9-14,19-31,33-40,43-44,48H,3-8,15-18,32H2,1-2H3. The fourth-order valence-corrected chi connectivity index (χ4v) is 13.2. The number of anilines is 5. The lowest BCUT2D eigenvalue weighted by Gasteiger charge is -2.36. The maximum absolute atomic E-state index is 6.97. The predicted octanol–water partition coefficient (Wildman–Crippen LogP) is 19.5. The van der Waals surface area contributed by atoms with E-state index >= 15 is 0 Å². The van der Waals surface area contributed by atoms with Crippen molar-refractivity contribution in [1.82, 2.24) is 0 Å². The van der Waals surface area contributed by atoms with Gasteiger partial charge >= 0.3 is 0 Å². The quantitative estimate of drug-likeness (QED) is 0.152. The Kier molecular flexibility index (Phi) is 9.93. The number of allylic oxidation sites excluding steroid dienone is 2. The number of benzene rings is 8. The van der Waals surface area contributed by atoms with Crippen LogP contribution >= 0.6 is 0 Å². The van der Waals surface area contributed by atoms with Crippen LogP contribution in [-0.4, -0.2) is 0 Å². The third kappa shape index (κ3) is 6.63. The van der Waals surface area contributed by atoms with E-state index in [-0.39, 0.29) is 5.92 Å². The number of fused-ring (bicyclic) bond motifs is 6. The zero-order valence-corrected chi connectivity index (χ0v) is 40.3. The fraction of sp³-hybridized carbons (Fsp3) is 0.242. The van der Waals surface area contributed by atoms with E-state index in [1.54, 1.807) is 0 Å². The summed E-state index contributed by atoms with van der Waals surface area (Å²) in [6.45, 7) is 4.30. The van der Waals surface area contributed by atoms with Gasteiger partial charge in [-0.1, -0.05) is 160 Å². The van der Waals surface area contributed by atoms with Crippen molar-refractivity contribution in [3.8, 4) is 0 Å². The van der Waals surface area contributed by atoms with Crippen LogP contribution in [0.25, 0.3) is 66.4 Å². The van der Waals surface area contributed by atoms with E-state index < -0.39 is 0 Å². The molecule has 10 aromatic rings. The molecule has 8 aromatic carbocycles. The third-order valence-corrected chi connectivity index (χ3v) is 16.8. The lowest BCUT2D eigenvalue weighted by Crippen LogP contribution is -2.21. The summed E-state index contributed by atoms with van der Waals surface area (Å²) in [6, 6.07) is 54.9. The van der Waals surface area contributed by atoms with Gasteiger partial charge in [-0.15, -0.1) is 0 Å². The highest BCUT2D eigenvalue weighted by Crippen LogP contribution is 2.53. The van der Waals surface area contributed by atoms with Crippen LogP contribution in [0.15, 0.2) is 167 Å². The molecule has 2 fully saturated rings. The minimum absolute atomic E-state index is 0.246. The van der Waals surface area contributed by atoms with Crippen LogP contribution < -0.4 is 9.80 Å². The average Bonchev–Trinajstić information content (AvgIpc) is 4.01. The molecule has 14 rings (SSSR count). The smallest absolute Gasteiger partial charge is 0.159 e. The number of nitrogens with zero attached hydrogens (tertiary/aromatic N) is 2. The normalized spacial score (nSPS) is 17.3. The van der Waals surface area contributed by atoms with Crippen LogP contribution in [0.1, 0.15) is 127 Å². The van der Waals surface area contributed by atoms with E-state index in [9.17, 15) is 0 Å². The number of hydrogen-bond donors (Lipinski definition) is 0. The van der Waals surface area contributed by atoms with Gasteiger partial charge in [0.25, 0.3) is 0 Å². The first-order valence-electron chi connectivity index (χ1n) is 26.2. The van der Waals surface area contributed by atoms with Crippen molar-refractivity contribution < 1.29 is 8.83 Å². The van der Waals surface area contributed by atoms with Crippen LogP contribution in [0.3, 0.4) is 0 Å². The summed E-state index contributed by atoms with van der Waals surface area (Å²) < 4.78 is 13.9. The third-order valence-electron chi connectivity index (χ3n) is 16.8. The van der Waals surface area contributed by atoms with Gasteiger partial charge in [0, 0.05) is 55.7 Å². The number of rotatable bonds is 8. The largest absolute Gasteiger partial charge is 0.454 e. The number of furan rings is 2. The van der Waals surface area contributed by atoms with Gasteiger partial charge in [-0.05, 0) is 139 Å². The summed E-state index contributed by atoms with van der Waals surface area (Å²) in [5.74, 6) is 1.51. The van der Waals surface area contributed by atoms with Crippen molar-refractivity contribution in [2.75, 3.05) is 9.80 Å². The lowest BCUT2D eigenvalue weighted by atomic mass is 9.77. The van der Waals surface area contributed by atoms with Crippen LogP contribution in [0.2, 0.25) is 0 Å². The van der Waals surface area contributed by atoms with Crippen molar-refractivity contribution >= 4 is 94.9 Å². The van der Waals surface area contributed by atoms with E-state index in [0.29, 0.717) is 11.8 Å². The van der Waals surface area contributed by atoms with Gasteiger partial charge in [-0.3, -0.25) is 0 Å². The Morgan fingerprint density at radius 2 is 0.957 bits per heavy atom. The molecule has 0 amide bonds. The molecule has 2 saturated carbocycles. The number of para-hydroxylation sites is 4. The molecule has 0 bridgehead atoms. The zero-order valence-electron chi connectivity index (χ0n) is 40.3. The van der Waals surface area contributed by atoms with Gasteiger partial charge < -0.3 is 18.6 Å². The van der Waals surface area contributed by atoms with Crippen molar-refractivity contribution in [2.45, 2.75) is 102 Å². The summed E-state index contributed by atoms with van der Waals surface area (Å²) in [4.78, 5) is 4.98. The molecular formula is C66H58N2O2. The molecule has 0 radical (unpaired) electrons. The second-order valence-corrected chi connectivity index (χ2v) is 20.9. The molecule has 1 unspecified atom stereocenters. The second-order valence-electron chi connectivity index (χ2n) is 20.9. The summed E-state index contributed by atoms with van der Waals surface area (Å²) in [7, 11) is 0. The lowest BCUT2D eigenvalue weighted by molar-refractivity contribution is 0.443. The van der Waals surface area contributed by atoms with Crippen molar-refractivity contribution in [3.63, 3.8) is 0 Å². The van der Waals surface area contributed by atoms with E-state index in [2.05, 4.69) is 187 Å². The molecule has 0 saturated heterocycles. The number of aryl methyl sites for hydroxylation is 2. The molecule has 4 aliphatic rings. The maximum atomic E-state index is 6.97. The van der Waals surface area contributed by atoms with E-state index in [1.807, 2.05) is 0 Å². The Balaban J connectivity index is 0.963. The van der Waals surface area contributed by atoms with Gasteiger partial charge in [-0.25, -0.2) is 0 Å². The first kappa shape index (κ1) is 41.7. The minimum Gasteiger partial charge on any atom is -0.454 e. The van der Waals surface area contributed by atoms with Crippen LogP contribution in [-0.2, 0) is 0 Å². The predicted molar refractivity (Wildman–Crippen MR) is 294 cm³/mol. The minimum atomic E-state index is 0.246. The molecule has 0 spiro atoms.